The number of ether oxygens (including phenoxy) is 1. The van der Waals surface area contributed by atoms with Gasteiger partial charge in [0.1, 0.15) is 0 Å². The molecule has 0 bridgehead atoms. The van der Waals surface area contributed by atoms with Gasteiger partial charge in [0.25, 0.3) is 0 Å². The second kappa shape index (κ2) is 6.73. The van der Waals surface area contributed by atoms with Crippen LogP contribution in [-0.2, 0) is 14.3 Å². The van der Waals surface area contributed by atoms with Crippen molar-refractivity contribution in [1.82, 2.24) is 10.3 Å². The van der Waals surface area contributed by atoms with Crippen LogP contribution in [0.4, 0.5) is 0 Å². The van der Waals surface area contributed by atoms with Gasteiger partial charge < -0.3 is 20.1 Å². The van der Waals surface area contributed by atoms with Gasteiger partial charge in [-0.25, -0.2) is 4.79 Å². The minimum Gasteiger partial charge on any atom is -0.459 e. The number of fused-ring (bicyclic) bond motifs is 1. The Kier molecular flexibility index (Phi) is 4.98. The van der Waals surface area contributed by atoms with Crippen LogP contribution in [0.15, 0.2) is 28.9 Å². The van der Waals surface area contributed by atoms with Crippen LogP contribution in [0.2, 0.25) is 0 Å². The van der Waals surface area contributed by atoms with E-state index in [1.807, 2.05) is 18.2 Å². The van der Waals surface area contributed by atoms with Crippen molar-refractivity contribution in [3.63, 3.8) is 0 Å². The van der Waals surface area contributed by atoms with E-state index in [0.29, 0.717) is 5.56 Å². The molecule has 1 aromatic heterocycles. The van der Waals surface area contributed by atoms with Gasteiger partial charge in [0.05, 0.1) is 12.7 Å². The number of aromatic nitrogens is 1. The fraction of sp³-hybridized carbons (Fsp3) is 0.286. The summed E-state index contributed by atoms with van der Waals surface area (Å²) in [5.74, 6) is -1.81. The molecule has 112 valence electrons. The average molecular weight is 355 g/mol. The number of aliphatic hydroxyl groups excluding tert-OH is 1. The molecule has 6 nitrogen and oxygen atoms in total. The van der Waals surface area contributed by atoms with Crippen molar-refractivity contribution < 1.29 is 19.4 Å². The molecule has 0 saturated heterocycles. The topological polar surface area (TPSA) is 91.4 Å². The number of hydrogen-bond donors (Lipinski definition) is 3. The Morgan fingerprint density at radius 3 is 2.95 bits per heavy atom. The summed E-state index contributed by atoms with van der Waals surface area (Å²) in [6, 6.07) is 5.62. The normalized spacial score (nSPS) is 12.1. The van der Waals surface area contributed by atoms with E-state index in [1.54, 1.807) is 13.1 Å². The first kappa shape index (κ1) is 15.5. The number of halogens is 1. The van der Waals surface area contributed by atoms with E-state index in [9.17, 15) is 14.7 Å². The number of hydrogen-bond acceptors (Lipinski definition) is 4. The van der Waals surface area contributed by atoms with E-state index >= 15 is 0 Å². The standard InChI is InChI=1S/C14H15BrN2O4/c1-2-21-14(20)13(19)17-7-12(18)10-6-16-11-5-8(15)3-4-9(10)11/h3-6,12,16,18H,2,7H2,1H3,(H,17,19). The van der Waals surface area contributed by atoms with Crippen LogP contribution >= 0.6 is 15.9 Å². The molecule has 2 rings (SSSR count). The molecule has 0 aliphatic heterocycles. The molecule has 0 aliphatic rings. The van der Waals surface area contributed by atoms with Gasteiger partial charge in [0.2, 0.25) is 0 Å². The zero-order valence-corrected chi connectivity index (χ0v) is 12.9. The third-order valence-corrected chi connectivity index (χ3v) is 3.44. The van der Waals surface area contributed by atoms with E-state index in [2.05, 4.69) is 31.0 Å². The molecule has 1 atom stereocenters. The van der Waals surface area contributed by atoms with E-state index in [0.717, 1.165) is 15.4 Å². The largest absolute Gasteiger partial charge is 0.459 e. The zero-order chi connectivity index (χ0) is 15.4. The third kappa shape index (κ3) is 3.62. The molecular weight excluding hydrogens is 340 g/mol. The molecule has 7 heteroatoms. The Bertz CT molecular complexity index is 668. The van der Waals surface area contributed by atoms with Gasteiger partial charge in [-0.15, -0.1) is 0 Å². The lowest BCUT2D eigenvalue weighted by Crippen LogP contribution is -2.35. The van der Waals surface area contributed by atoms with Crippen molar-refractivity contribution in [3.8, 4) is 0 Å². The zero-order valence-electron chi connectivity index (χ0n) is 11.4. The first-order valence-electron chi connectivity index (χ1n) is 6.42. The predicted molar refractivity (Wildman–Crippen MR) is 80.6 cm³/mol. The Morgan fingerprint density at radius 2 is 2.24 bits per heavy atom. The van der Waals surface area contributed by atoms with E-state index < -0.39 is 18.0 Å². The second-order valence-corrected chi connectivity index (χ2v) is 5.30. The maximum absolute atomic E-state index is 11.4. The fourth-order valence-corrected chi connectivity index (χ4v) is 2.33. The molecule has 1 unspecified atom stereocenters. The highest BCUT2D eigenvalue weighted by Crippen LogP contribution is 2.26. The molecule has 2 aromatic rings. The third-order valence-electron chi connectivity index (χ3n) is 2.95. The summed E-state index contributed by atoms with van der Waals surface area (Å²) in [6.45, 7) is 1.68. The van der Waals surface area contributed by atoms with Gasteiger partial charge >= 0.3 is 11.9 Å². The minimum absolute atomic E-state index is 0.0688. The van der Waals surface area contributed by atoms with E-state index in [-0.39, 0.29) is 13.2 Å². The summed E-state index contributed by atoms with van der Waals surface area (Å²) in [5.41, 5.74) is 1.52. The number of amides is 1. The first-order chi connectivity index (χ1) is 10.0. The Labute approximate surface area is 129 Å². The quantitative estimate of drug-likeness (QED) is 0.574. The smallest absolute Gasteiger partial charge is 0.396 e. The molecule has 0 radical (unpaired) electrons. The van der Waals surface area contributed by atoms with Crippen molar-refractivity contribution >= 4 is 38.7 Å². The summed E-state index contributed by atoms with van der Waals surface area (Å²) >= 11 is 3.37. The maximum atomic E-state index is 11.4. The molecule has 0 saturated carbocycles. The van der Waals surface area contributed by atoms with Gasteiger partial charge in [-0.1, -0.05) is 22.0 Å². The Hall–Kier alpha value is -1.86. The van der Waals surface area contributed by atoms with Crippen LogP contribution in [-0.4, -0.2) is 35.1 Å². The van der Waals surface area contributed by atoms with Crippen molar-refractivity contribution in [3.05, 3.63) is 34.4 Å². The predicted octanol–water partition coefficient (Wildman–Crippen LogP) is 1.64. The minimum atomic E-state index is -0.951. The van der Waals surface area contributed by atoms with E-state index in [4.69, 9.17) is 0 Å². The van der Waals surface area contributed by atoms with E-state index in [1.165, 1.54) is 0 Å². The number of rotatable bonds is 4. The lowest BCUT2D eigenvalue weighted by Gasteiger charge is -2.11. The van der Waals surface area contributed by atoms with Crippen LogP contribution in [0.25, 0.3) is 10.9 Å². The van der Waals surface area contributed by atoms with Crippen molar-refractivity contribution in [2.75, 3.05) is 13.2 Å². The monoisotopic (exact) mass is 354 g/mol. The molecule has 1 aromatic carbocycles. The highest BCUT2D eigenvalue weighted by atomic mass is 79.9. The first-order valence-corrected chi connectivity index (χ1v) is 7.21. The average Bonchev–Trinajstić information content (AvgIpc) is 2.87. The Balaban J connectivity index is 2.04. The number of H-pyrrole nitrogens is 1. The van der Waals surface area contributed by atoms with Crippen LogP contribution < -0.4 is 5.32 Å². The van der Waals surface area contributed by atoms with Gasteiger partial charge in [-0.2, -0.15) is 0 Å². The van der Waals surface area contributed by atoms with Crippen LogP contribution in [0.3, 0.4) is 0 Å². The SMILES string of the molecule is CCOC(=O)C(=O)NCC(O)c1c[nH]c2cc(Br)ccc12. The number of aliphatic hydroxyl groups is 1. The number of benzene rings is 1. The second-order valence-electron chi connectivity index (χ2n) is 4.38. The van der Waals surface area contributed by atoms with Gasteiger partial charge in [-0.05, 0) is 19.1 Å². The summed E-state index contributed by atoms with van der Waals surface area (Å²) in [4.78, 5) is 25.6. The fourth-order valence-electron chi connectivity index (χ4n) is 1.96. The Morgan fingerprint density at radius 1 is 1.48 bits per heavy atom. The molecule has 0 spiro atoms. The number of carbonyl (C=O) groups is 2. The summed E-state index contributed by atoms with van der Waals surface area (Å²) in [6.07, 6.45) is 0.761. The van der Waals surface area contributed by atoms with Crippen molar-refractivity contribution in [2.45, 2.75) is 13.0 Å². The molecule has 0 aliphatic carbocycles. The number of nitrogens with one attached hydrogen (secondary N) is 2. The highest BCUT2D eigenvalue weighted by Gasteiger charge is 2.18. The summed E-state index contributed by atoms with van der Waals surface area (Å²) in [7, 11) is 0. The van der Waals surface area contributed by atoms with Crippen LogP contribution in [0.1, 0.15) is 18.6 Å². The van der Waals surface area contributed by atoms with Crippen LogP contribution in [0, 0.1) is 0 Å². The maximum Gasteiger partial charge on any atom is 0.396 e. The summed E-state index contributed by atoms with van der Waals surface area (Å²) in [5, 5.41) is 13.3. The molecule has 3 N–H and O–H groups in total. The molecular formula is C14H15BrN2O4. The molecule has 21 heavy (non-hydrogen) atoms. The number of esters is 1. The lowest BCUT2D eigenvalue weighted by atomic mass is 10.1. The molecule has 0 fully saturated rings. The van der Waals surface area contributed by atoms with Gasteiger partial charge in [0, 0.05) is 33.7 Å². The van der Waals surface area contributed by atoms with Crippen molar-refractivity contribution in [2.24, 2.45) is 0 Å². The van der Waals surface area contributed by atoms with Crippen molar-refractivity contribution in [1.29, 1.82) is 0 Å². The lowest BCUT2D eigenvalue weighted by molar-refractivity contribution is -0.154. The number of carbonyl (C=O) groups excluding carboxylic acids is 2. The molecule has 1 amide bonds. The number of aromatic amines is 1. The molecule has 1 heterocycles. The van der Waals surface area contributed by atoms with Gasteiger partial charge in [-0.3, -0.25) is 4.79 Å². The highest BCUT2D eigenvalue weighted by molar-refractivity contribution is 9.10. The van der Waals surface area contributed by atoms with Crippen LogP contribution in [0.5, 0.6) is 0 Å². The van der Waals surface area contributed by atoms with Gasteiger partial charge in [0.15, 0.2) is 0 Å². The summed E-state index contributed by atoms with van der Waals surface area (Å²) < 4.78 is 5.49.